The number of thiazole rings is 1. The van der Waals surface area contributed by atoms with Crippen LogP contribution in [0.1, 0.15) is 6.92 Å². The fourth-order valence-electron chi connectivity index (χ4n) is 2.28. The molecule has 2 aliphatic carbocycles. The molecular weight excluding hydrogens is 453 g/mol. The second-order valence-electron chi connectivity index (χ2n) is 5.61. The fourth-order valence-corrected chi connectivity index (χ4v) is 3.44. The molecule has 4 rings (SSSR count). The van der Waals surface area contributed by atoms with Crippen molar-refractivity contribution in [1.82, 2.24) is 4.98 Å². The van der Waals surface area contributed by atoms with Crippen molar-refractivity contribution in [2.24, 2.45) is 5.10 Å². The van der Waals surface area contributed by atoms with Gasteiger partial charge in [0.15, 0.2) is 0 Å². The summed E-state index contributed by atoms with van der Waals surface area (Å²) in [6, 6.07) is 5.37. The third kappa shape index (κ3) is 7.03. The third-order valence-electron chi connectivity index (χ3n) is 3.67. The number of hydrogen-bond donors (Lipinski definition) is 1. The molecule has 10 radical (unpaired) electrons. The van der Waals surface area contributed by atoms with Crippen molar-refractivity contribution in [2.75, 3.05) is 5.43 Å². The van der Waals surface area contributed by atoms with Gasteiger partial charge in [0, 0.05) is 27.6 Å². The molecule has 2 fully saturated rings. The SMILES string of the molecule is C/C(=N\Nc1nc(-c2ccc(Cl)cc2Cl)cs1)[C]1[CH][CH][CH][CH]1.[CH]1[CH][CH][CH][CH]1.[Fe+2]. The standard InChI is InChI=1S/C16H12Cl2N3S.C5H5.Fe/c1-10(11-4-2-3-5-11)20-21-16-19-15(9-22-16)13-7-6-12(17)8-14(13)18;1-2-4-5-3-1;/h2-9H,1H3,(H,19,21);1-5H;/q;;+2/b20-10+;;. The Balaban J connectivity index is 0.000000408. The molecule has 3 nitrogen and oxygen atoms in total. The summed E-state index contributed by atoms with van der Waals surface area (Å²) in [5, 5.41) is 8.18. The molecule has 0 amide bonds. The number of nitrogens with zero attached hydrogens (tertiary/aromatic N) is 2. The Morgan fingerprint density at radius 2 is 1.64 bits per heavy atom. The van der Waals surface area contributed by atoms with E-state index < -0.39 is 0 Å². The molecule has 0 aliphatic heterocycles. The van der Waals surface area contributed by atoms with Crippen molar-refractivity contribution in [3.8, 4) is 11.3 Å². The van der Waals surface area contributed by atoms with Gasteiger partial charge in [-0.3, -0.25) is 5.43 Å². The molecular formula is C21H17Cl2FeN3S+2. The molecule has 0 unspecified atom stereocenters. The maximum absolute atomic E-state index is 6.20. The minimum absolute atomic E-state index is 0. The van der Waals surface area contributed by atoms with Crippen molar-refractivity contribution in [3.05, 3.63) is 97.3 Å². The quantitative estimate of drug-likeness (QED) is 0.322. The summed E-state index contributed by atoms with van der Waals surface area (Å²) in [5.41, 5.74) is 5.54. The number of anilines is 1. The first kappa shape index (κ1) is 23.7. The minimum atomic E-state index is 0. The van der Waals surface area contributed by atoms with Crippen LogP contribution >= 0.6 is 34.5 Å². The van der Waals surface area contributed by atoms with Crippen LogP contribution in [-0.2, 0) is 17.1 Å². The molecule has 1 aromatic heterocycles. The van der Waals surface area contributed by atoms with Crippen LogP contribution in [0.4, 0.5) is 5.13 Å². The number of nitrogens with one attached hydrogen (secondary N) is 1. The van der Waals surface area contributed by atoms with Crippen molar-refractivity contribution < 1.29 is 17.1 Å². The van der Waals surface area contributed by atoms with Crippen LogP contribution in [0.15, 0.2) is 28.7 Å². The summed E-state index contributed by atoms with van der Waals surface area (Å²) < 4.78 is 0. The zero-order valence-corrected chi connectivity index (χ0v) is 18.4. The Bertz CT molecular complexity index is 761. The largest absolute Gasteiger partial charge is 2.00 e. The summed E-state index contributed by atoms with van der Waals surface area (Å²) in [7, 11) is 0. The van der Waals surface area contributed by atoms with Gasteiger partial charge in [0.05, 0.1) is 10.7 Å². The van der Waals surface area contributed by atoms with Crippen LogP contribution in [0.3, 0.4) is 0 Å². The van der Waals surface area contributed by atoms with E-state index in [9.17, 15) is 0 Å². The maximum atomic E-state index is 6.20. The monoisotopic (exact) mass is 469 g/mol. The molecule has 0 atom stereocenters. The number of hydrogen-bond acceptors (Lipinski definition) is 4. The zero-order valence-electron chi connectivity index (χ0n) is 14.9. The molecule has 28 heavy (non-hydrogen) atoms. The molecule has 2 saturated carbocycles. The normalized spacial score (nSPS) is 17.0. The Morgan fingerprint density at radius 1 is 1.00 bits per heavy atom. The smallest absolute Gasteiger partial charge is 0.253 e. The van der Waals surface area contributed by atoms with Crippen molar-refractivity contribution in [1.29, 1.82) is 0 Å². The van der Waals surface area contributed by atoms with Gasteiger partial charge in [-0.1, -0.05) is 23.2 Å². The first-order valence-electron chi connectivity index (χ1n) is 8.23. The fraction of sp³-hybridized carbons (Fsp3) is 0.0476. The van der Waals surface area contributed by atoms with Gasteiger partial charge >= 0.3 is 17.1 Å². The van der Waals surface area contributed by atoms with E-state index in [4.69, 9.17) is 23.2 Å². The van der Waals surface area contributed by atoms with Crippen molar-refractivity contribution in [3.63, 3.8) is 0 Å². The predicted octanol–water partition coefficient (Wildman–Crippen LogP) is 6.33. The van der Waals surface area contributed by atoms with Gasteiger partial charge in [-0.2, -0.15) is 5.10 Å². The van der Waals surface area contributed by atoms with Crippen molar-refractivity contribution in [2.45, 2.75) is 6.92 Å². The molecule has 1 heterocycles. The van der Waals surface area contributed by atoms with E-state index in [0.29, 0.717) is 15.2 Å². The maximum Gasteiger partial charge on any atom is 2.00 e. The van der Waals surface area contributed by atoms with Crippen LogP contribution < -0.4 is 5.43 Å². The van der Waals surface area contributed by atoms with Crippen LogP contribution in [0.5, 0.6) is 0 Å². The van der Waals surface area contributed by atoms with Gasteiger partial charge in [-0.25, -0.2) is 4.98 Å². The van der Waals surface area contributed by atoms with E-state index in [1.165, 1.54) is 11.3 Å². The summed E-state index contributed by atoms with van der Waals surface area (Å²) >= 11 is 13.6. The third-order valence-corrected chi connectivity index (χ3v) is 4.96. The molecule has 2 aliphatic rings. The second-order valence-corrected chi connectivity index (χ2v) is 7.31. The number of benzene rings is 1. The topological polar surface area (TPSA) is 37.3 Å². The van der Waals surface area contributed by atoms with Gasteiger partial charge in [0.1, 0.15) is 0 Å². The van der Waals surface area contributed by atoms with E-state index in [-0.39, 0.29) is 17.1 Å². The van der Waals surface area contributed by atoms with Gasteiger partial charge < -0.3 is 0 Å². The van der Waals surface area contributed by atoms with E-state index in [2.05, 4.69) is 15.5 Å². The second kappa shape index (κ2) is 12.2. The minimum Gasteiger partial charge on any atom is -0.253 e. The van der Waals surface area contributed by atoms with Crippen LogP contribution in [-0.4, -0.2) is 10.7 Å². The summed E-state index contributed by atoms with van der Waals surface area (Å²) in [4.78, 5) is 4.50. The molecule has 142 valence electrons. The molecule has 7 heteroatoms. The van der Waals surface area contributed by atoms with Crippen LogP contribution in [0.25, 0.3) is 11.3 Å². The number of rotatable bonds is 4. The first-order chi connectivity index (χ1) is 13.1. The molecule has 2 aromatic rings. The summed E-state index contributed by atoms with van der Waals surface area (Å²) in [5.74, 6) is 1.09. The zero-order chi connectivity index (χ0) is 19.1. The average Bonchev–Trinajstić information content (AvgIpc) is 3.44. The first-order valence-corrected chi connectivity index (χ1v) is 9.87. The predicted molar refractivity (Wildman–Crippen MR) is 116 cm³/mol. The molecule has 0 bridgehead atoms. The Hall–Kier alpha value is -0.581. The summed E-state index contributed by atoms with van der Waals surface area (Å²) in [6.07, 6.45) is 18.0. The Kier molecular flexibility index (Phi) is 10.3. The van der Waals surface area contributed by atoms with Crippen LogP contribution in [0, 0.1) is 63.7 Å². The number of hydrazone groups is 1. The Labute approximate surface area is 192 Å². The van der Waals surface area contributed by atoms with E-state index >= 15 is 0 Å². The van der Waals surface area contributed by atoms with Gasteiger partial charge in [-0.05, 0) is 82.9 Å². The average molecular weight is 470 g/mol. The number of halogens is 2. The molecule has 0 saturated heterocycles. The number of aromatic nitrogens is 1. The van der Waals surface area contributed by atoms with Crippen molar-refractivity contribution >= 4 is 45.4 Å². The van der Waals surface area contributed by atoms with E-state index in [0.717, 1.165) is 22.9 Å². The summed E-state index contributed by atoms with van der Waals surface area (Å²) in [6.45, 7) is 1.95. The molecule has 1 aromatic carbocycles. The van der Waals surface area contributed by atoms with Gasteiger partial charge in [0.2, 0.25) is 5.13 Å². The van der Waals surface area contributed by atoms with E-state index in [1.54, 1.807) is 12.1 Å². The molecule has 1 N–H and O–H groups in total. The Morgan fingerprint density at radius 3 is 2.25 bits per heavy atom. The van der Waals surface area contributed by atoms with Gasteiger partial charge in [-0.15, -0.1) is 11.3 Å². The van der Waals surface area contributed by atoms with Gasteiger partial charge in [0.25, 0.3) is 0 Å². The van der Waals surface area contributed by atoms with E-state index in [1.807, 2.05) is 76.2 Å². The molecule has 0 spiro atoms. The van der Waals surface area contributed by atoms with Crippen LogP contribution in [0.2, 0.25) is 10.0 Å².